The number of carbonyl (C=O) groups excluding carboxylic acids is 1. The summed E-state index contributed by atoms with van der Waals surface area (Å²) >= 11 is 0. The second-order valence-corrected chi connectivity index (χ2v) is 2.57. The second kappa shape index (κ2) is 12.4. The molecule has 1 heterocycles. The van der Waals surface area contributed by atoms with Crippen molar-refractivity contribution in [3.8, 4) is 0 Å². The summed E-state index contributed by atoms with van der Waals surface area (Å²) in [6.07, 6.45) is 2.48. The Kier molecular flexibility index (Phi) is 14.1. The van der Waals surface area contributed by atoms with E-state index in [2.05, 4.69) is 5.32 Å². The number of amides is 1. The molecular formula is C11H25NO2. The average Bonchev–Trinajstić information content (AvgIpc) is 2.73. The molecule has 3 heteroatoms. The number of ether oxygens (including phenoxy) is 1. The van der Waals surface area contributed by atoms with Crippen LogP contribution in [0.3, 0.4) is 0 Å². The first-order valence-corrected chi connectivity index (χ1v) is 5.65. The number of nitrogens with one attached hydrogen (secondary N) is 1. The van der Waals surface area contributed by atoms with Gasteiger partial charge in [-0.05, 0) is 12.8 Å². The van der Waals surface area contributed by atoms with Gasteiger partial charge in [0.1, 0.15) is 0 Å². The van der Waals surface area contributed by atoms with Crippen LogP contribution < -0.4 is 5.32 Å². The Hall–Kier alpha value is -0.570. The second-order valence-electron chi connectivity index (χ2n) is 2.57. The molecule has 0 aliphatic carbocycles. The molecule has 0 aromatic heterocycles. The molecular weight excluding hydrogens is 178 g/mol. The Labute approximate surface area is 88.2 Å². The van der Waals surface area contributed by atoms with E-state index in [9.17, 15) is 4.79 Å². The Morgan fingerprint density at radius 1 is 1.36 bits per heavy atom. The van der Waals surface area contributed by atoms with Gasteiger partial charge in [0.05, 0.1) is 6.10 Å². The van der Waals surface area contributed by atoms with Crippen LogP contribution in [0.4, 0.5) is 0 Å². The van der Waals surface area contributed by atoms with Crippen LogP contribution >= 0.6 is 0 Å². The molecule has 1 amide bonds. The van der Waals surface area contributed by atoms with Crippen LogP contribution in [-0.2, 0) is 9.53 Å². The van der Waals surface area contributed by atoms with Gasteiger partial charge in [0.2, 0.25) is 5.91 Å². The molecule has 0 spiro atoms. The lowest BCUT2D eigenvalue weighted by atomic mass is 10.2. The van der Waals surface area contributed by atoms with E-state index >= 15 is 0 Å². The zero-order valence-corrected chi connectivity index (χ0v) is 10.2. The maximum atomic E-state index is 10.4. The van der Waals surface area contributed by atoms with E-state index in [0.717, 1.165) is 19.4 Å². The fraction of sp³-hybridized carbons (Fsp3) is 0.909. The molecule has 0 aromatic carbocycles. The maximum absolute atomic E-state index is 10.4. The molecule has 0 aromatic rings. The van der Waals surface area contributed by atoms with Crippen molar-refractivity contribution in [2.45, 2.75) is 53.6 Å². The summed E-state index contributed by atoms with van der Waals surface area (Å²) in [6, 6.07) is 0. The van der Waals surface area contributed by atoms with Gasteiger partial charge in [-0.1, -0.05) is 27.7 Å². The molecule has 1 aliphatic heterocycles. The third-order valence-corrected chi connectivity index (χ3v) is 1.60. The van der Waals surface area contributed by atoms with Crippen molar-refractivity contribution in [3.63, 3.8) is 0 Å². The lowest BCUT2D eigenvalue weighted by molar-refractivity contribution is -0.119. The van der Waals surface area contributed by atoms with Crippen LogP contribution in [0.15, 0.2) is 0 Å². The monoisotopic (exact) mass is 203 g/mol. The first-order valence-electron chi connectivity index (χ1n) is 5.65. The van der Waals surface area contributed by atoms with Crippen molar-refractivity contribution in [1.29, 1.82) is 0 Å². The lowest BCUT2D eigenvalue weighted by Crippen LogP contribution is -2.29. The minimum atomic E-state index is 0.0236. The van der Waals surface area contributed by atoms with Gasteiger partial charge in [-0.15, -0.1) is 0 Å². The molecule has 1 aliphatic rings. The fourth-order valence-electron chi connectivity index (χ4n) is 1.06. The highest BCUT2D eigenvalue weighted by Gasteiger charge is 2.14. The van der Waals surface area contributed by atoms with Crippen LogP contribution in [0.5, 0.6) is 0 Å². The minimum absolute atomic E-state index is 0.0236. The number of hydrogen-bond acceptors (Lipinski definition) is 2. The zero-order chi connectivity index (χ0) is 11.4. The van der Waals surface area contributed by atoms with Gasteiger partial charge in [0, 0.05) is 20.1 Å². The first-order chi connectivity index (χ1) is 6.79. The van der Waals surface area contributed by atoms with E-state index in [1.54, 1.807) is 0 Å². The highest BCUT2D eigenvalue weighted by atomic mass is 16.5. The van der Waals surface area contributed by atoms with Gasteiger partial charge in [0.15, 0.2) is 0 Å². The smallest absolute Gasteiger partial charge is 0.216 e. The third kappa shape index (κ3) is 9.52. The van der Waals surface area contributed by atoms with E-state index < -0.39 is 0 Å². The van der Waals surface area contributed by atoms with Crippen LogP contribution in [0.25, 0.3) is 0 Å². The SMILES string of the molecule is CC.CC.CC(=O)NCC1CCCO1. The molecule has 0 radical (unpaired) electrons. The normalized spacial score (nSPS) is 18.5. The van der Waals surface area contributed by atoms with Crippen molar-refractivity contribution in [2.24, 2.45) is 0 Å². The van der Waals surface area contributed by atoms with Gasteiger partial charge in [-0.3, -0.25) is 4.79 Å². The average molecular weight is 203 g/mol. The van der Waals surface area contributed by atoms with Crippen LogP contribution in [0.2, 0.25) is 0 Å². The molecule has 0 saturated carbocycles. The summed E-state index contributed by atoms with van der Waals surface area (Å²) in [6.45, 7) is 11.1. The predicted molar refractivity (Wildman–Crippen MR) is 60.4 cm³/mol. The lowest BCUT2D eigenvalue weighted by Gasteiger charge is -2.08. The largest absolute Gasteiger partial charge is 0.376 e. The van der Waals surface area contributed by atoms with Crippen LogP contribution in [-0.4, -0.2) is 25.2 Å². The summed E-state index contributed by atoms with van der Waals surface area (Å²) in [5.74, 6) is 0.0236. The van der Waals surface area contributed by atoms with E-state index in [1.165, 1.54) is 6.92 Å². The van der Waals surface area contributed by atoms with E-state index in [4.69, 9.17) is 4.74 Å². The Bertz CT molecular complexity index is 120. The number of carbonyl (C=O) groups is 1. The number of hydrogen-bond donors (Lipinski definition) is 1. The standard InChI is InChI=1S/C7H13NO2.2C2H6/c1-6(9)8-5-7-3-2-4-10-7;2*1-2/h7H,2-5H2,1H3,(H,8,9);2*1-2H3. The first kappa shape index (κ1) is 15.9. The Morgan fingerprint density at radius 2 is 1.93 bits per heavy atom. The Balaban J connectivity index is 0. The van der Waals surface area contributed by atoms with Gasteiger partial charge in [-0.2, -0.15) is 0 Å². The van der Waals surface area contributed by atoms with Gasteiger partial charge in [0.25, 0.3) is 0 Å². The van der Waals surface area contributed by atoms with Gasteiger partial charge in [-0.25, -0.2) is 0 Å². The molecule has 1 unspecified atom stereocenters. The summed E-state index contributed by atoms with van der Waals surface area (Å²) < 4.78 is 5.29. The molecule has 14 heavy (non-hydrogen) atoms. The summed E-state index contributed by atoms with van der Waals surface area (Å²) in [7, 11) is 0. The van der Waals surface area contributed by atoms with Gasteiger partial charge >= 0.3 is 0 Å². The molecule has 1 fully saturated rings. The predicted octanol–water partition coefficient (Wildman–Crippen LogP) is 2.35. The summed E-state index contributed by atoms with van der Waals surface area (Å²) in [5, 5.41) is 2.72. The highest BCUT2D eigenvalue weighted by Crippen LogP contribution is 2.10. The maximum Gasteiger partial charge on any atom is 0.216 e. The van der Waals surface area contributed by atoms with Crippen molar-refractivity contribution >= 4 is 5.91 Å². The molecule has 1 saturated heterocycles. The highest BCUT2D eigenvalue weighted by molar-refractivity contribution is 5.72. The quantitative estimate of drug-likeness (QED) is 0.748. The topological polar surface area (TPSA) is 38.3 Å². The summed E-state index contributed by atoms with van der Waals surface area (Å²) in [4.78, 5) is 10.4. The van der Waals surface area contributed by atoms with Crippen molar-refractivity contribution in [1.82, 2.24) is 5.32 Å². The fourth-order valence-corrected chi connectivity index (χ4v) is 1.06. The molecule has 0 bridgehead atoms. The number of rotatable bonds is 2. The van der Waals surface area contributed by atoms with Crippen LogP contribution in [0, 0.1) is 0 Å². The molecule has 3 nitrogen and oxygen atoms in total. The van der Waals surface area contributed by atoms with Crippen molar-refractivity contribution < 1.29 is 9.53 Å². The third-order valence-electron chi connectivity index (χ3n) is 1.60. The molecule has 1 atom stereocenters. The Morgan fingerprint density at radius 3 is 2.29 bits per heavy atom. The zero-order valence-electron chi connectivity index (χ0n) is 10.2. The summed E-state index contributed by atoms with van der Waals surface area (Å²) in [5.41, 5.74) is 0. The van der Waals surface area contributed by atoms with E-state index in [1.807, 2.05) is 27.7 Å². The van der Waals surface area contributed by atoms with Gasteiger partial charge < -0.3 is 10.1 Å². The molecule has 1 rings (SSSR count). The van der Waals surface area contributed by atoms with Crippen LogP contribution in [0.1, 0.15) is 47.5 Å². The van der Waals surface area contributed by atoms with E-state index in [-0.39, 0.29) is 12.0 Å². The van der Waals surface area contributed by atoms with E-state index in [0.29, 0.717) is 6.54 Å². The van der Waals surface area contributed by atoms with Crippen molar-refractivity contribution in [2.75, 3.05) is 13.2 Å². The molecule has 86 valence electrons. The van der Waals surface area contributed by atoms with Crippen molar-refractivity contribution in [3.05, 3.63) is 0 Å². The minimum Gasteiger partial charge on any atom is -0.376 e. The molecule has 1 N–H and O–H groups in total.